The van der Waals surface area contributed by atoms with Gasteiger partial charge in [-0.05, 0) is 6.07 Å². The molecule has 2 aromatic rings. The van der Waals surface area contributed by atoms with Crippen LogP contribution in [0.3, 0.4) is 0 Å². The maximum atomic E-state index is 12.0. The molecule has 12 nitrogen and oxygen atoms in total. The number of hydrogen-bond donors (Lipinski definition) is 2. The molecule has 0 saturated carbocycles. The topological polar surface area (TPSA) is 163 Å². The molecule has 0 aliphatic carbocycles. The predicted molar refractivity (Wildman–Crippen MR) is 106 cm³/mol. The van der Waals surface area contributed by atoms with Crippen LogP contribution in [0, 0.1) is 20.2 Å². The zero-order chi connectivity index (χ0) is 22.3. The minimum Gasteiger partial charge on any atom is -0.495 e. The average Bonchev–Trinajstić information content (AvgIpc) is 2.75. The maximum absolute atomic E-state index is 12.0. The van der Waals surface area contributed by atoms with Gasteiger partial charge in [0.15, 0.2) is 5.75 Å². The summed E-state index contributed by atoms with van der Waals surface area (Å²) in [6.07, 6.45) is 0. The van der Waals surface area contributed by atoms with E-state index in [0.717, 1.165) is 17.8 Å². The molecule has 2 amide bonds. The molecular formula is C17H16N4O8S. The molecule has 0 bridgehead atoms. The third-order valence-corrected chi connectivity index (χ3v) is 4.69. The normalized spacial score (nSPS) is 10.1. The lowest BCUT2D eigenvalue weighted by Crippen LogP contribution is -2.42. The van der Waals surface area contributed by atoms with Crippen LogP contribution in [-0.2, 0) is 4.79 Å². The number of nitro groups is 2. The molecule has 2 N–H and O–H groups in total. The number of thioether (sulfide) groups is 1. The Morgan fingerprint density at radius 2 is 1.70 bits per heavy atom. The summed E-state index contributed by atoms with van der Waals surface area (Å²) in [7, 11) is 2.61. The van der Waals surface area contributed by atoms with E-state index in [1.54, 1.807) is 0 Å². The number of carbonyl (C=O) groups excluding carboxylic acids is 2. The van der Waals surface area contributed by atoms with E-state index >= 15 is 0 Å². The summed E-state index contributed by atoms with van der Waals surface area (Å²) in [6.45, 7) is 0. The quantitative estimate of drug-likeness (QED) is 0.358. The van der Waals surface area contributed by atoms with Crippen molar-refractivity contribution < 1.29 is 28.9 Å². The minimum atomic E-state index is -0.730. The summed E-state index contributed by atoms with van der Waals surface area (Å²) in [6, 6.07) is 7.57. The standard InChI is InChI=1S/C17H16N4O8S/c1-28-13-8-15(14(29-2)7-12(13)21(26)27)30-9-16(22)18-19-17(23)10-4-3-5-11(6-10)20(24)25/h3-8H,9H2,1-2H3,(H,18,22)(H,19,23). The van der Waals surface area contributed by atoms with Crippen molar-refractivity contribution >= 4 is 35.0 Å². The second-order valence-electron chi connectivity index (χ2n) is 5.53. The van der Waals surface area contributed by atoms with Gasteiger partial charge in [-0.2, -0.15) is 0 Å². The molecule has 0 aliphatic rings. The van der Waals surface area contributed by atoms with Crippen molar-refractivity contribution in [3.05, 3.63) is 62.2 Å². The van der Waals surface area contributed by atoms with Gasteiger partial charge >= 0.3 is 5.69 Å². The van der Waals surface area contributed by atoms with Crippen molar-refractivity contribution in [1.82, 2.24) is 10.9 Å². The Balaban J connectivity index is 1.99. The third-order valence-electron chi connectivity index (χ3n) is 3.66. The van der Waals surface area contributed by atoms with Gasteiger partial charge in [-0.3, -0.25) is 40.7 Å². The molecule has 0 heterocycles. The van der Waals surface area contributed by atoms with Crippen molar-refractivity contribution in [2.45, 2.75) is 4.90 Å². The van der Waals surface area contributed by atoms with Gasteiger partial charge in [-0.25, -0.2) is 0 Å². The van der Waals surface area contributed by atoms with Gasteiger partial charge < -0.3 is 9.47 Å². The third kappa shape index (κ3) is 5.57. The lowest BCUT2D eigenvalue weighted by molar-refractivity contribution is -0.385. The molecule has 0 spiro atoms. The molecule has 0 aliphatic heterocycles. The lowest BCUT2D eigenvalue weighted by Gasteiger charge is -2.11. The maximum Gasteiger partial charge on any atom is 0.314 e. The summed E-state index contributed by atoms with van der Waals surface area (Å²) in [4.78, 5) is 45.0. The summed E-state index contributed by atoms with van der Waals surface area (Å²) in [5, 5.41) is 21.8. The smallest absolute Gasteiger partial charge is 0.314 e. The van der Waals surface area contributed by atoms with E-state index in [9.17, 15) is 29.8 Å². The molecule has 0 unspecified atom stereocenters. The number of carbonyl (C=O) groups is 2. The Hall–Kier alpha value is -3.87. The highest BCUT2D eigenvalue weighted by molar-refractivity contribution is 8.00. The average molecular weight is 436 g/mol. The van der Waals surface area contributed by atoms with E-state index in [1.807, 2.05) is 0 Å². The van der Waals surface area contributed by atoms with E-state index < -0.39 is 21.7 Å². The summed E-state index contributed by atoms with van der Waals surface area (Å²) in [5.74, 6) is -1.29. The number of hydrogen-bond acceptors (Lipinski definition) is 9. The van der Waals surface area contributed by atoms with Crippen molar-refractivity contribution in [1.29, 1.82) is 0 Å². The molecule has 0 atom stereocenters. The number of nitrogens with one attached hydrogen (secondary N) is 2. The first-order valence-corrected chi connectivity index (χ1v) is 9.12. The summed E-state index contributed by atoms with van der Waals surface area (Å²) >= 11 is 1.00. The number of ether oxygens (including phenoxy) is 2. The highest BCUT2D eigenvalue weighted by Crippen LogP contribution is 2.39. The number of nitro benzene ring substituents is 2. The summed E-state index contributed by atoms with van der Waals surface area (Å²) in [5.41, 5.74) is 3.80. The van der Waals surface area contributed by atoms with Gasteiger partial charge in [-0.1, -0.05) is 6.07 Å². The van der Waals surface area contributed by atoms with E-state index in [-0.39, 0.29) is 34.2 Å². The molecule has 2 aromatic carbocycles. The van der Waals surface area contributed by atoms with Crippen molar-refractivity contribution in [3.8, 4) is 11.5 Å². The van der Waals surface area contributed by atoms with Gasteiger partial charge in [0, 0.05) is 23.8 Å². The molecule has 13 heteroatoms. The van der Waals surface area contributed by atoms with Gasteiger partial charge in [0.1, 0.15) is 5.75 Å². The zero-order valence-corrected chi connectivity index (χ0v) is 16.6. The zero-order valence-electron chi connectivity index (χ0n) is 15.7. The van der Waals surface area contributed by atoms with E-state index in [0.29, 0.717) is 4.90 Å². The second-order valence-corrected chi connectivity index (χ2v) is 6.55. The largest absolute Gasteiger partial charge is 0.495 e. The van der Waals surface area contributed by atoms with Gasteiger partial charge in [-0.15, -0.1) is 11.8 Å². The van der Waals surface area contributed by atoms with Crippen LogP contribution in [0.4, 0.5) is 11.4 Å². The molecular weight excluding hydrogens is 420 g/mol. The Morgan fingerprint density at radius 1 is 1.00 bits per heavy atom. The van der Waals surface area contributed by atoms with Crippen LogP contribution in [0.15, 0.2) is 41.3 Å². The Labute approximate surface area is 173 Å². The van der Waals surface area contributed by atoms with E-state index in [1.165, 1.54) is 44.6 Å². The number of benzene rings is 2. The number of rotatable bonds is 8. The lowest BCUT2D eigenvalue weighted by atomic mass is 10.2. The van der Waals surface area contributed by atoms with Crippen LogP contribution >= 0.6 is 11.8 Å². The fraction of sp³-hybridized carbons (Fsp3) is 0.176. The number of amides is 2. The van der Waals surface area contributed by atoms with Crippen LogP contribution in [0.2, 0.25) is 0 Å². The number of nitrogens with zero attached hydrogens (tertiary/aromatic N) is 2. The fourth-order valence-electron chi connectivity index (χ4n) is 2.25. The SMILES string of the molecule is COc1cc([N+](=O)[O-])c(OC)cc1SCC(=O)NNC(=O)c1cccc([N+](=O)[O-])c1. The van der Waals surface area contributed by atoms with E-state index in [4.69, 9.17) is 9.47 Å². The fourth-order valence-corrected chi connectivity index (χ4v) is 3.08. The Bertz CT molecular complexity index is 998. The number of hydrazine groups is 1. The highest BCUT2D eigenvalue weighted by atomic mass is 32.2. The second kappa shape index (κ2) is 10.1. The van der Waals surface area contributed by atoms with Gasteiger partial charge in [0.05, 0.1) is 40.8 Å². The predicted octanol–water partition coefficient (Wildman–Crippen LogP) is 2.07. The molecule has 0 radical (unpaired) electrons. The molecule has 2 rings (SSSR count). The first-order valence-electron chi connectivity index (χ1n) is 8.13. The van der Waals surface area contributed by atoms with Crippen LogP contribution < -0.4 is 20.3 Å². The number of non-ortho nitro benzene ring substituents is 1. The molecule has 0 aromatic heterocycles. The minimum absolute atomic E-state index is 0.000993. The monoisotopic (exact) mass is 436 g/mol. The van der Waals surface area contributed by atoms with Gasteiger partial charge in [0.2, 0.25) is 5.91 Å². The van der Waals surface area contributed by atoms with Crippen LogP contribution in [0.25, 0.3) is 0 Å². The van der Waals surface area contributed by atoms with Crippen LogP contribution in [0.1, 0.15) is 10.4 Å². The molecule has 158 valence electrons. The first kappa shape index (κ1) is 22.4. The summed E-state index contributed by atoms with van der Waals surface area (Å²) < 4.78 is 10.1. The van der Waals surface area contributed by atoms with Crippen LogP contribution in [-0.4, -0.2) is 41.6 Å². The molecule has 0 saturated heterocycles. The first-order chi connectivity index (χ1) is 14.3. The van der Waals surface area contributed by atoms with Crippen molar-refractivity contribution in [2.24, 2.45) is 0 Å². The van der Waals surface area contributed by atoms with Gasteiger partial charge in [0.25, 0.3) is 11.6 Å². The molecule has 0 fully saturated rings. The number of methoxy groups -OCH3 is 2. The van der Waals surface area contributed by atoms with Crippen molar-refractivity contribution in [2.75, 3.05) is 20.0 Å². The Morgan fingerprint density at radius 3 is 2.30 bits per heavy atom. The van der Waals surface area contributed by atoms with Crippen LogP contribution in [0.5, 0.6) is 11.5 Å². The highest BCUT2D eigenvalue weighted by Gasteiger charge is 2.20. The van der Waals surface area contributed by atoms with Crippen molar-refractivity contribution in [3.63, 3.8) is 0 Å². The Kier molecular flexibility index (Phi) is 7.52. The van der Waals surface area contributed by atoms with E-state index in [2.05, 4.69) is 10.9 Å². The molecule has 30 heavy (non-hydrogen) atoms.